The Bertz CT molecular complexity index is 421. The smallest absolute Gasteiger partial charge is 0.0646 e. The van der Waals surface area contributed by atoms with Crippen molar-refractivity contribution in [2.24, 2.45) is 0 Å². The van der Waals surface area contributed by atoms with Gasteiger partial charge in [0.25, 0.3) is 0 Å². The fourth-order valence-corrected chi connectivity index (χ4v) is 2.92. The number of benzene rings is 1. The second-order valence-electron chi connectivity index (χ2n) is 3.05. The average molecular weight is 221 g/mol. The highest BCUT2D eigenvalue weighted by atomic mass is 32.2. The Morgan fingerprint density at radius 1 is 1.29 bits per heavy atom. The number of thiophene rings is 1. The third kappa shape index (κ3) is 2.11. The molecule has 0 saturated heterocycles. The molecule has 0 aliphatic rings. The van der Waals surface area contributed by atoms with Crippen LogP contribution in [0.15, 0.2) is 44.8 Å². The first-order chi connectivity index (χ1) is 6.75. The highest BCUT2D eigenvalue weighted by Gasteiger charge is 2.00. The van der Waals surface area contributed by atoms with Gasteiger partial charge in [0.05, 0.1) is 4.21 Å². The Morgan fingerprint density at radius 3 is 2.79 bits per heavy atom. The van der Waals surface area contributed by atoms with Crippen molar-refractivity contribution in [1.82, 2.24) is 0 Å². The minimum absolute atomic E-state index is 0.867. The van der Waals surface area contributed by atoms with Gasteiger partial charge in [-0.1, -0.05) is 23.9 Å². The predicted octanol–water partition coefficient (Wildman–Crippen LogP) is 3.79. The van der Waals surface area contributed by atoms with Crippen molar-refractivity contribution in [3.05, 3.63) is 41.3 Å². The molecule has 0 saturated carbocycles. The zero-order valence-corrected chi connectivity index (χ0v) is 9.49. The Morgan fingerprint density at radius 2 is 2.14 bits per heavy atom. The zero-order valence-electron chi connectivity index (χ0n) is 7.86. The average Bonchev–Trinajstić information content (AvgIpc) is 2.64. The van der Waals surface area contributed by atoms with Crippen molar-refractivity contribution in [1.29, 1.82) is 0 Å². The van der Waals surface area contributed by atoms with Crippen molar-refractivity contribution in [2.45, 2.75) is 16.0 Å². The van der Waals surface area contributed by atoms with E-state index in [1.807, 2.05) is 13.0 Å². The molecular formula is C11H11NS2. The summed E-state index contributed by atoms with van der Waals surface area (Å²) in [5.74, 6) is 0. The van der Waals surface area contributed by atoms with E-state index >= 15 is 0 Å². The monoisotopic (exact) mass is 221 g/mol. The summed E-state index contributed by atoms with van der Waals surface area (Å²) in [6, 6.07) is 10.4. The van der Waals surface area contributed by atoms with Crippen LogP contribution in [0.3, 0.4) is 0 Å². The summed E-state index contributed by atoms with van der Waals surface area (Å²) in [5.41, 5.74) is 7.85. The van der Waals surface area contributed by atoms with Crippen LogP contribution in [0, 0.1) is 6.92 Å². The van der Waals surface area contributed by atoms with Gasteiger partial charge in [0.15, 0.2) is 0 Å². The number of nitrogen functional groups attached to an aromatic ring is 1. The largest absolute Gasteiger partial charge is 0.398 e. The lowest BCUT2D eigenvalue weighted by atomic mass is 10.2. The molecule has 0 radical (unpaired) electrons. The molecule has 1 nitrogen and oxygen atoms in total. The van der Waals surface area contributed by atoms with Gasteiger partial charge >= 0.3 is 0 Å². The maximum absolute atomic E-state index is 5.84. The van der Waals surface area contributed by atoms with E-state index in [9.17, 15) is 0 Å². The summed E-state index contributed by atoms with van der Waals surface area (Å²) in [6.07, 6.45) is 0. The molecule has 0 spiro atoms. The molecule has 1 aromatic carbocycles. The number of hydrogen-bond donors (Lipinski definition) is 1. The lowest BCUT2D eigenvalue weighted by Crippen LogP contribution is -1.88. The Balaban J connectivity index is 2.22. The van der Waals surface area contributed by atoms with E-state index in [1.165, 1.54) is 9.10 Å². The van der Waals surface area contributed by atoms with Crippen molar-refractivity contribution in [3.63, 3.8) is 0 Å². The number of hydrogen-bond acceptors (Lipinski definition) is 3. The molecule has 0 amide bonds. The molecule has 0 bridgehead atoms. The second-order valence-corrected chi connectivity index (χ2v) is 5.37. The fraction of sp³-hybridized carbons (Fsp3) is 0.0909. The van der Waals surface area contributed by atoms with Gasteiger partial charge < -0.3 is 5.73 Å². The van der Waals surface area contributed by atoms with Crippen molar-refractivity contribution < 1.29 is 0 Å². The van der Waals surface area contributed by atoms with E-state index in [2.05, 4.69) is 29.6 Å². The summed E-state index contributed by atoms with van der Waals surface area (Å²) < 4.78 is 1.30. The third-order valence-electron chi connectivity index (χ3n) is 1.96. The second kappa shape index (κ2) is 4.07. The van der Waals surface area contributed by atoms with Crippen LogP contribution in [-0.4, -0.2) is 0 Å². The van der Waals surface area contributed by atoms with Gasteiger partial charge in [-0.2, -0.15) is 0 Å². The van der Waals surface area contributed by atoms with Crippen LogP contribution < -0.4 is 5.73 Å². The number of anilines is 1. The van der Waals surface area contributed by atoms with Crippen molar-refractivity contribution in [2.75, 3.05) is 5.73 Å². The lowest BCUT2D eigenvalue weighted by molar-refractivity contribution is 1.38. The molecule has 72 valence electrons. The van der Waals surface area contributed by atoms with Gasteiger partial charge in [-0.25, -0.2) is 0 Å². The molecule has 1 heterocycles. The highest BCUT2D eigenvalue weighted by Crippen LogP contribution is 2.32. The van der Waals surface area contributed by atoms with E-state index in [0.29, 0.717) is 0 Å². The molecule has 0 aliphatic carbocycles. The first-order valence-electron chi connectivity index (χ1n) is 4.33. The molecule has 0 unspecified atom stereocenters. The van der Waals surface area contributed by atoms with E-state index in [4.69, 9.17) is 5.73 Å². The first-order valence-corrected chi connectivity index (χ1v) is 6.03. The lowest BCUT2D eigenvalue weighted by Gasteiger charge is -2.02. The first kappa shape index (κ1) is 9.62. The van der Waals surface area contributed by atoms with E-state index < -0.39 is 0 Å². The summed E-state index contributed by atoms with van der Waals surface area (Å²) in [5, 5.41) is 2.08. The molecule has 2 N–H and O–H groups in total. The molecular weight excluding hydrogens is 210 g/mol. The molecule has 2 aromatic rings. The Kier molecular flexibility index (Phi) is 2.79. The molecule has 14 heavy (non-hydrogen) atoms. The molecule has 0 fully saturated rings. The Labute approximate surface area is 92.0 Å². The SMILES string of the molecule is Cc1ccc(Sc2cccs2)cc1N. The van der Waals surface area contributed by atoms with Gasteiger partial charge in [0.2, 0.25) is 0 Å². The Hall–Kier alpha value is -0.930. The minimum Gasteiger partial charge on any atom is -0.398 e. The van der Waals surface area contributed by atoms with Crippen LogP contribution in [-0.2, 0) is 0 Å². The van der Waals surface area contributed by atoms with Crippen LogP contribution in [0.25, 0.3) is 0 Å². The van der Waals surface area contributed by atoms with Crippen LogP contribution in [0.4, 0.5) is 5.69 Å². The highest BCUT2D eigenvalue weighted by molar-refractivity contribution is 8.01. The normalized spacial score (nSPS) is 10.4. The van der Waals surface area contributed by atoms with Gasteiger partial charge in [0.1, 0.15) is 0 Å². The van der Waals surface area contributed by atoms with Gasteiger partial charge in [-0.15, -0.1) is 11.3 Å². The van der Waals surface area contributed by atoms with Gasteiger partial charge in [-0.3, -0.25) is 0 Å². The van der Waals surface area contributed by atoms with Crippen molar-refractivity contribution in [3.8, 4) is 0 Å². The molecule has 0 atom stereocenters. The molecule has 1 aromatic heterocycles. The maximum atomic E-state index is 5.84. The van der Waals surface area contributed by atoms with Crippen LogP contribution in [0.1, 0.15) is 5.56 Å². The molecule has 3 heteroatoms. The summed E-state index contributed by atoms with van der Waals surface area (Å²) >= 11 is 3.51. The van der Waals surface area contributed by atoms with E-state index in [1.54, 1.807) is 23.1 Å². The van der Waals surface area contributed by atoms with Crippen LogP contribution in [0.2, 0.25) is 0 Å². The molecule has 2 rings (SSSR count). The minimum atomic E-state index is 0.867. The fourth-order valence-electron chi connectivity index (χ4n) is 1.12. The van der Waals surface area contributed by atoms with E-state index in [-0.39, 0.29) is 0 Å². The van der Waals surface area contributed by atoms with Gasteiger partial charge in [-0.05, 0) is 36.1 Å². The van der Waals surface area contributed by atoms with Crippen LogP contribution >= 0.6 is 23.1 Å². The van der Waals surface area contributed by atoms with Gasteiger partial charge in [0, 0.05) is 10.6 Å². The van der Waals surface area contributed by atoms with Crippen LogP contribution in [0.5, 0.6) is 0 Å². The third-order valence-corrected chi connectivity index (χ3v) is 3.99. The number of nitrogens with two attached hydrogens (primary N) is 1. The maximum Gasteiger partial charge on any atom is 0.0646 e. The summed E-state index contributed by atoms with van der Waals surface area (Å²) in [7, 11) is 0. The summed E-state index contributed by atoms with van der Waals surface area (Å²) in [6.45, 7) is 2.02. The van der Waals surface area contributed by atoms with Crippen molar-refractivity contribution >= 4 is 28.8 Å². The zero-order chi connectivity index (χ0) is 9.97. The topological polar surface area (TPSA) is 26.0 Å². The number of aryl methyl sites for hydroxylation is 1. The van der Waals surface area contributed by atoms with E-state index in [0.717, 1.165) is 11.3 Å². The number of rotatable bonds is 2. The summed E-state index contributed by atoms with van der Waals surface area (Å²) in [4.78, 5) is 1.20. The standard InChI is InChI=1S/C11H11NS2/c1-8-4-5-9(7-10(8)12)14-11-3-2-6-13-11/h2-7H,12H2,1H3. The molecule has 0 aliphatic heterocycles. The predicted molar refractivity (Wildman–Crippen MR) is 64.0 cm³/mol. The quantitative estimate of drug-likeness (QED) is 0.781.